The van der Waals surface area contributed by atoms with Gasteiger partial charge in [0.2, 0.25) is 0 Å². The molecule has 1 N–H and O–H groups in total. The van der Waals surface area contributed by atoms with Crippen LogP contribution in [0.4, 0.5) is 11.6 Å². The smallest absolute Gasteiger partial charge is 0.250 e. The van der Waals surface area contributed by atoms with Gasteiger partial charge < -0.3 is 9.74 Å². The van der Waals surface area contributed by atoms with Crippen LogP contribution < -0.4 is 9.74 Å². The number of pyridine rings is 1. The lowest BCUT2D eigenvalue weighted by Gasteiger charge is -2.36. The topological polar surface area (TPSA) is 82.2 Å². The van der Waals surface area contributed by atoms with Crippen LogP contribution in [-0.4, -0.2) is 37.7 Å². The van der Waals surface area contributed by atoms with Crippen LogP contribution in [0.2, 0.25) is 18.1 Å². The first-order chi connectivity index (χ1) is 14.9. The Balaban J connectivity index is 1.67. The molecule has 4 aromatic heterocycles. The Morgan fingerprint density at radius 2 is 1.78 bits per heavy atom. The Kier molecular flexibility index (Phi) is 5.32. The van der Waals surface area contributed by atoms with E-state index in [1.165, 1.54) is 0 Å². The number of aryl methyl sites for hydroxylation is 3. The van der Waals surface area contributed by atoms with Crippen LogP contribution in [0.3, 0.4) is 0 Å². The van der Waals surface area contributed by atoms with E-state index in [9.17, 15) is 0 Å². The van der Waals surface area contributed by atoms with E-state index in [0.29, 0.717) is 0 Å². The van der Waals surface area contributed by atoms with Gasteiger partial charge in [-0.1, -0.05) is 20.8 Å². The second-order valence-corrected chi connectivity index (χ2v) is 14.4. The fraction of sp³-hybridized carbons (Fsp3) is 0.391. The number of nitrogens with one attached hydrogen (secondary N) is 1. The molecule has 0 saturated carbocycles. The zero-order chi connectivity index (χ0) is 23.3. The lowest BCUT2D eigenvalue weighted by molar-refractivity contribution is 0.493. The Bertz CT molecular complexity index is 1260. The molecule has 0 saturated heterocycles. The van der Waals surface area contributed by atoms with E-state index in [4.69, 9.17) is 4.43 Å². The molecule has 9 heteroatoms. The van der Waals surface area contributed by atoms with Gasteiger partial charge in [-0.2, -0.15) is 10.2 Å². The molecule has 4 rings (SSSR count). The first kappa shape index (κ1) is 22.0. The molecule has 0 spiro atoms. The maximum atomic E-state index is 6.60. The molecule has 0 aromatic carbocycles. The maximum absolute atomic E-state index is 6.60. The van der Waals surface area contributed by atoms with Gasteiger partial charge in [0.25, 0.3) is 8.32 Å². The van der Waals surface area contributed by atoms with Gasteiger partial charge in [0.05, 0.1) is 11.7 Å². The first-order valence-corrected chi connectivity index (χ1v) is 13.6. The molecular weight excluding hydrogens is 418 g/mol. The third-order valence-electron chi connectivity index (χ3n) is 6.04. The summed E-state index contributed by atoms with van der Waals surface area (Å²) in [5.74, 6) is 3.01. The molecule has 0 atom stereocenters. The van der Waals surface area contributed by atoms with Gasteiger partial charge in [-0.3, -0.25) is 4.68 Å². The van der Waals surface area contributed by atoms with Crippen LogP contribution in [0, 0.1) is 13.8 Å². The van der Waals surface area contributed by atoms with Gasteiger partial charge >= 0.3 is 0 Å². The number of nitrogens with zero attached hydrogens (tertiary/aromatic N) is 6. The normalized spacial score (nSPS) is 12.4. The fourth-order valence-corrected chi connectivity index (χ4v) is 4.37. The molecule has 4 aromatic rings. The SMILES string of the molecule is Cc1cc(Nc2cc3cc(-c4c(O[Si](C)(C)C(C)(C)C)cnn4C)ccn3n2)nc(C)n1. The van der Waals surface area contributed by atoms with Crippen molar-refractivity contribution in [2.24, 2.45) is 7.05 Å². The maximum Gasteiger partial charge on any atom is 0.250 e. The van der Waals surface area contributed by atoms with Gasteiger partial charge in [0, 0.05) is 36.6 Å². The van der Waals surface area contributed by atoms with Crippen LogP contribution in [0.15, 0.2) is 36.7 Å². The van der Waals surface area contributed by atoms with Crippen molar-refractivity contribution in [1.29, 1.82) is 0 Å². The molecule has 0 aliphatic carbocycles. The molecule has 0 fully saturated rings. The van der Waals surface area contributed by atoms with Crippen molar-refractivity contribution in [3.63, 3.8) is 0 Å². The van der Waals surface area contributed by atoms with Crippen LogP contribution in [-0.2, 0) is 7.05 Å². The summed E-state index contributed by atoms with van der Waals surface area (Å²) in [5.41, 5.74) is 3.88. The van der Waals surface area contributed by atoms with Gasteiger partial charge in [-0.25, -0.2) is 14.5 Å². The number of fused-ring (bicyclic) bond motifs is 1. The van der Waals surface area contributed by atoms with Gasteiger partial charge in [-0.05, 0) is 44.1 Å². The van der Waals surface area contributed by atoms with Crippen molar-refractivity contribution in [2.75, 3.05) is 5.32 Å². The number of rotatable bonds is 5. The van der Waals surface area contributed by atoms with E-state index in [0.717, 1.165) is 45.7 Å². The number of hydrogen-bond donors (Lipinski definition) is 1. The summed E-state index contributed by atoms with van der Waals surface area (Å²) in [4.78, 5) is 8.76. The lowest BCUT2D eigenvalue weighted by atomic mass is 10.1. The number of anilines is 2. The fourth-order valence-electron chi connectivity index (χ4n) is 3.36. The average Bonchev–Trinajstić information content (AvgIpc) is 3.21. The van der Waals surface area contributed by atoms with E-state index in [2.05, 4.69) is 65.4 Å². The summed E-state index contributed by atoms with van der Waals surface area (Å²) in [6.07, 6.45) is 3.78. The Labute approximate surface area is 189 Å². The van der Waals surface area contributed by atoms with Gasteiger partial charge in [-0.15, -0.1) is 0 Å². The summed E-state index contributed by atoms with van der Waals surface area (Å²) in [6, 6.07) is 8.05. The summed E-state index contributed by atoms with van der Waals surface area (Å²) >= 11 is 0. The van der Waals surface area contributed by atoms with Crippen molar-refractivity contribution < 1.29 is 4.43 Å². The molecular formula is C23H31N7OSi. The van der Waals surface area contributed by atoms with Crippen molar-refractivity contribution in [1.82, 2.24) is 29.4 Å². The van der Waals surface area contributed by atoms with E-state index in [-0.39, 0.29) is 5.04 Å². The summed E-state index contributed by atoms with van der Waals surface area (Å²) < 4.78 is 10.3. The molecule has 0 unspecified atom stereocenters. The second-order valence-electron chi connectivity index (χ2n) is 9.72. The molecule has 4 heterocycles. The predicted octanol–water partition coefficient (Wildman–Crippen LogP) is 5.27. The zero-order valence-electron chi connectivity index (χ0n) is 20.1. The minimum Gasteiger partial charge on any atom is -0.541 e. The van der Waals surface area contributed by atoms with Gasteiger partial charge in [0.1, 0.15) is 17.3 Å². The second kappa shape index (κ2) is 7.74. The molecule has 0 radical (unpaired) electrons. The number of aromatic nitrogens is 6. The highest BCUT2D eigenvalue weighted by Crippen LogP contribution is 2.40. The Hall–Kier alpha value is -3.20. The summed E-state index contributed by atoms with van der Waals surface area (Å²) in [5, 5.41) is 12.5. The first-order valence-electron chi connectivity index (χ1n) is 10.7. The largest absolute Gasteiger partial charge is 0.541 e. The molecule has 0 bridgehead atoms. The van der Waals surface area contributed by atoms with Crippen molar-refractivity contribution in [3.8, 4) is 17.0 Å². The van der Waals surface area contributed by atoms with Crippen LogP contribution in [0.25, 0.3) is 16.8 Å². The Morgan fingerprint density at radius 1 is 1.03 bits per heavy atom. The molecule has 168 valence electrons. The van der Waals surface area contributed by atoms with Gasteiger partial charge in [0.15, 0.2) is 11.6 Å². The molecule has 0 aliphatic heterocycles. The number of hydrogen-bond acceptors (Lipinski definition) is 6. The molecule has 8 nitrogen and oxygen atoms in total. The van der Waals surface area contributed by atoms with Crippen LogP contribution >= 0.6 is 0 Å². The van der Waals surface area contributed by atoms with E-state index in [1.807, 2.05) is 60.7 Å². The van der Waals surface area contributed by atoms with E-state index in [1.54, 1.807) is 0 Å². The third kappa shape index (κ3) is 4.25. The standard InChI is InChI=1S/C23H31N7OSi/c1-15-11-20(26-16(2)25-15)27-21-13-18-12-17(9-10-30(18)28-21)22-19(14-24-29(22)6)31-32(7,8)23(3,4)5/h9-14H,1-8H3,(H,25,26,27,28). The van der Waals surface area contributed by atoms with Crippen LogP contribution in [0.1, 0.15) is 32.3 Å². The van der Waals surface area contributed by atoms with Crippen LogP contribution in [0.5, 0.6) is 5.75 Å². The highest BCUT2D eigenvalue weighted by molar-refractivity contribution is 6.74. The van der Waals surface area contributed by atoms with Crippen molar-refractivity contribution >= 4 is 25.5 Å². The zero-order valence-corrected chi connectivity index (χ0v) is 21.1. The Morgan fingerprint density at radius 3 is 2.47 bits per heavy atom. The predicted molar refractivity (Wildman–Crippen MR) is 130 cm³/mol. The van der Waals surface area contributed by atoms with Crippen molar-refractivity contribution in [3.05, 3.63) is 48.2 Å². The molecule has 0 amide bonds. The minimum absolute atomic E-state index is 0.105. The van der Waals surface area contributed by atoms with E-state index < -0.39 is 8.32 Å². The molecule has 0 aliphatic rings. The highest BCUT2D eigenvalue weighted by atomic mass is 28.4. The summed E-state index contributed by atoms with van der Waals surface area (Å²) in [6.45, 7) is 15.0. The lowest BCUT2D eigenvalue weighted by Crippen LogP contribution is -2.43. The monoisotopic (exact) mass is 449 g/mol. The quantitative estimate of drug-likeness (QED) is 0.418. The highest BCUT2D eigenvalue weighted by Gasteiger charge is 2.39. The summed E-state index contributed by atoms with van der Waals surface area (Å²) in [7, 11) is -0.0462. The van der Waals surface area contributed by atoms with Crippen molar-refractivity contribution in [2.45, 2.75) is 52.8 Å². The minimum atomic E-state index is -1.99. The third-order valence-corrected chi connectivity index (χ3v) is 10.4. The molecule has 32 heavy (non-hydrogen) atoms. The van der Waals surface area contributed by atoms with E-state index >= 15 is 0 Å². The average molecular weight is 450 g/mol.